The minimum absolute atomic E-state index is 0.0575. The van der Waals surface area contributed by atoms with Crippen LogP contribution in [0.2, 0.25) is 0 Å². The molecule has 0 bridgehead atoms. The van der Waals surface area contributed by atoms with Gasteiger partial charge in [-0.1, -0.05) is 6.07 Å². The Labute approximate surface area is 110 Å². The molecule has 1 aromatic carbocycles. The maximum Gasteiger partial charge on any atom is 0.301 e. The summed E-state index contributed by atoms with van der Waals surface area (Å²) in [6, 6.07) is 6.32. The van der Waals surface area contributed by atoms with Gasteiger partial charge in [0.15, 0.2) is 0 Å². The summed E-state index contributed by atoms with van der Waals surface area (Å²) in [4.78, 5) is 0. The highest BCUT2D eigenvalue weighted by Gasteiger charge is 2.31. The van der Waals surface area contributed by atoms with Crippen LogP contribution in [-0.4, -0.2) is 32.0 Å². The predicted molar refractivity (Wildman–Crippen MR) is 69.2 cm³/mol. The molecule has 2 rings (SSSR count). The van der Waals surface area contributed by atoms with Gasteiger partial charge < -0.3 is 5.73 Å². The van der Waals surface area contributed by atoms with Gasteiger partial charge in [0.1, 0.15) is 12.2 Å². The Balaban J connectivity index is 2.27. The number of rotatable bonds is 3. The summed E-state index contributed by atoms with van der Waals surface area (Å²) in [5, 5.41) is 8.97. The average molecular weight is 284 g/mol. The highest BCUT2D eigenvalue weighted by atomic mass is 32.2. The molecule has 1 aliphatic rings. The number of anilines is 2. The molecule has 102 valence electrons. The molecule has 1 saturated heterocycles. The van der Waals surface area contributed by atoms with Crippen LogP contribution in [0.1, 0.15) is 12.0 Å². The van der Waals surface area contributed by atoms with Crippen molar-refractivity contribution in [3.8, 4) is 6.07 Å². The first-order valence-corrected chi connectivity index (χ1v) is 7.08. The van der Waals surface area contributed by atoms with Gasteiger partial charge in [0.2, 0.25) is 0 Å². The van der Waals surface area contributed by atoms with Crippen molar-refractivity contribution in [2.24, 2.45) is 0 Å². The van der Waals surface area contributed by atoms with E-state index in [1.807, 2.05) is 6.07 Å². The Hall–Kier alpha value is -1.85. The molecule has 1 fully saturated rings. The fourth-order valence-corrected chi connectivity index (χ4v) is 3.17. The second kappa shape index (κ2) is 5.03. The summed E-state index contributed by atoms with van der Waals surface area (Å²) in [6.45, 7) is -0.0414. The van der Waals surface area contributed by atoms with Crippen LogP contribution in [0, 0.1) is 11.3 Å². The van der Waals surface area contributed by atoms with Gasteiger partial charge in [-0.3, -0.25) is 4.72 Å². The molecule has 0 aromatic heterocycles. The van der Waals surface area contributed by atoms with E-state index in [1.165, 1.54) is 18.2 Å². The first kappa shape index (κ1) is 13.6. The molecule has 1 aliphatic heterocycles. The first-order valence-electron chi connectivity index (χ1n) is 5.64. The third kappa shape index (κ3) is 2.77. The Kier molecular flexibility index (Phi) is 3.59. The van der Waals surface area contributed by atoms with E-state index >= 15 is 0 Å². The highest BCUT2D eigenvalue weighted by Crippen LogP contribution is 2.24. The number of hydrogen-bond donors (Lipinski definition) is 2. The third-order valence-electron chi connectivity index (χ3n) is 2.88. The minimum Gasteiger partial charge on any atom is -0.398 e. The van der Waals surface area contributed by atoms with Gasteiger partial charge in [-0.2, -0.15) is 18.0 Å². The smallest absolute Gasteiger partial charge is 0.301 e. The number of nitrogens with zero attached hydrogens (tertiary/aromatic N) is 2. The number of hydrogen-bond acceptors (Lipinski definition) is 4. The average Bonchev–Trinajstić information content (AvgIpc) is 2.76. The van der Waals surface area contributed by atoms with E-state index in [-0.39, 0.29) is 36.4 Å². The van der Waals surface area contributed by atoms with Crippen LogP contribution in [-0.2, 0) is 10.2 Å². The molecule has 1 aromatic rings. The molecule has 0 amide bonds. The zero-order chi connectivity index (χ0) is 14.0. The fraction of sp³-hybridized carbons (Fsp3) is 0.364. The number of nitrogens with two attached hydrogens (primary N) is 1. The Bertz CT molecular complexity index is 626. The van der Waals surface area contributed by atoms with Crippen LogP contribution in [0.5, 0.6) is 0 Å². The molecule has 1 atom stereocenters. The van der Waals surface area contributed by atoms with E-state index in [0.717, 1.165) is 4.31 Å². The number of halogens is 1. The molecule has 0 saturated carbocycles. The largest absolute Gasteiger partial charge is 0.398 e. The maximum atomic E-state index is 13.0. The normalized spacial score (nSPS) is 20.1. The molecule has 8 heteroatoms. The van der Waals surface area contributed by atoms with Crippen molar-refractivity contribution in [2.45, 2.75) is 12.6 Å². The van der Waals surface area contributed by atoms with Gasteiger partial charge in [0.25, 0.3) is 0 Å². The monoisotopic (exact) mass is 284 g/mol. The SMILES string of the molecule is N#Cc1c(N)cccc1NS(=O)(=O)N1CC[C@@H](F)C1. The van der Waals surface area contributed by atoms with Crippen molar-refractivity contribution < 1.29 is 12.8 Å². The van der Waals surface area contributed by atoms with Crippen molar-refractivity contribution in [3.05, 3.63) is 23.8 Å². The zero-order valence-electron chi connectivity index (χ0n) is 10.0. The molecule has 0 unspecified atom stereocenters. The predicted octanol–water partition coefficient (Wildman–Crippen LogP) is 0.841. The van der Waals surface area contributed by atoms with Crippen molar-refractivity contribution in [2.75, 3.05) is 23.5 Å². The lowest BCUT2D eigenvalue weighted by atomic mass is 10.1. The van der Waals surface area contributed by atoms with Crippen molar-refractivity contribution in [1.29, 1.82) is 5.26 Å². The molecule has 6 nitrogen and oxygen atoms in total. The number of alkyl halides is 1. The van der Waals surface area contributed by atoms with E-state index in [9.17, 15) is 12.8 Å². The van der Waals surface area contributed by atoms with E-state index < -0.39 is 16.4 Å². The topological polar surface area (TPSA) is 99.2 Å². The Morgan fingerprint density at radius 2 is 2.26 bits per heavy atom. The summed E-state index contributed by atoms with van der Waals surface area (Å²) in [5.41, 5.74) is 5.94. The summed E-state index contributed by atoms with van der Waals surface area (Å²) < 4.78 is 40.4. The molecule has 1 heterocycles. The second-order valence-corrected chi connectivity index (χ2v) is 5.90. The van der Waals surface area contributed by atoms with Gasteiger partial charge in [0.05, 0.1) is 16.9 Å². The molecule has 0 spiro atoms. The van der Waals surface area contributed by atoms with Crippen LogP contribution < -0.4 is 10.5 Å². The maximum absolute atomic E-state index is 13.0. The van der Waals surface area contributed by atoms with Crippen LogP contribution in [0.25, 0.3) is 0 Å². The zero-order valence-corrected chi connectivity index (χ0v) is 10.8. The Morgan fingerprint density at radius 1 is 1.53 bits per heavy atom. The van der Waals surface area contributed by atoms with Crippen LogP contribution in [0.3, 0.4) is 0 Å². The van der Waals surface area contributed by atoms with Gasteiger partial charge in [-0.25, -0.2) is 4.39 Å². The molecule has 3 N–H and O–H groups in total. The molecule has 19 heavy (non-hydrogen) atoms. The van der Waals surface area contributed by atoms with Crippen molar-refractivity contribution in [1.82, 2.24) is 4.31 Å². The Morgan fingerprint density at radius 3 is 2.84 bits per heavy atom. The number of benzene rings is 1. The summed E-state index contributed by atoms with van der Waals surface area (Å²) in [5.74, 6) is 0. The van der Waals surface area contributed by atoms with Gasteiger partial charge in [-0.15, -0.1) is 0 Å². The lowest BCUT2D eigenvalue weighted by Crippen LogP contribution is -2.34. The van der Waals surface area contributed by atoms with E-state index in [0.29, 0.717) is 0 Å². The molecule has 0 aliphatic carbocycles. The van der Waals surface area contributed by atoms with Crippen molar-refractivity contribution in [3.63, 3.8) is 0 Å². The standard InChI is InChI=1S/C11H13FN4O2S/c12-8-4-5-16(7-8)19(17,18)15-11-3-1-2-10(14)9(11)6-13/h1-3,8,15H,4-5,7,14H2/t8-/m1/s1. The van der Waals surface area contributed by atoms with Crippen LogP contribution in [0.15, 0.2) is 18.2 Å². The molecular weight excluding hydrogens is 271 g/mol. The lowest BCUT2D eigenvalue weighted by molar-refractivity contribution is 0.343. The van der Waals surface area contributed by atoms with E-state index in [4.69, 9.17) is 11.0 Å². The number of nitrogens with one attached hydrogen (secondary N) is 1. The first-order chi connectivity index (χ1) is 8.94. The minimum atomic E-state index is -3.86. The summed E-state index contributed by atoms with van der Waals surface area (Å²) >= 11 is 0. The second-order valence-electron chi connectivity index (χ2n) is 4.23. The molecular formula is C11H13FN4O2S. The van der Waals surface area contributed by atoms with Crippen LogP contribution in [0.4, 0.5) is 15.8 Å². The quantitative estimate of drug-likeness (QED) is 0.803. The number of nitrogen functional groups attached to an aromatic ring is 1. The lowest BCUT2D eigenvalue weighted by Gasteiger charge is -2.17. The van der Waals surface area contributed by atoms with Gasteiger partial charge >= 0.3 is 10.2 Å². The number of nitriles is 1. The van der Waals surface area contributed by atoms with Gasteiger partial charge in [0, 0.05) is 13.1 Å². The van der Waals surface area contributed by atoms with Crippen LogP contribution >= 0.6 is 0 Å². The third-order valence-corrected chi connectivity index (χ3v) is 4.37. The van der Waals surface area contributed by atoms with Gasteiger partial charge in [-0.05, 0) is 18.6 Å². The van der Waals surface area contributed by atoms with E-state index in [1.54, 1.807) is 0 Å². The highest BCUT2D eigenvalue weighted by molar-refractivity contribution is 7.90. The van der Waals surface area contributed by atoms with Crippen molar-refractivity contribution >= 4 is 21.6 Å². The summed E-state index contributed by atoms with van der Waals surface area (Å²) in [7, 11) is -3.86. The summed E-state index contributed by atoms with van der Waals surface area (Å²) in [6.07, 6.45) is -0.962. The van der Waals surface area contributed by atoms with E-state index in [2.05, 4.69) is 4.72 Å². The molecule has 0 radical (unpaired) electrons. The fourth-order valence-electron chi connectivity index (χ4n) is 1.89.